The monoisotopic (exact) mass is 255 g/mol. The summed E-state index contributed by atoms with van der Waals surface area (Å²) in [6.45, 7) is 4.23. The molecule has 2 heteroatoms. The van der Waals surface area contributed by atoms with Gasteiger partial charge in [-0.15, -0.1) is 0 Å². The summed E-state index contributed by atoms with van der Waals surface area (Å²) in [4.78, 5) is 0. The Kier molecular flexibility index (Phi) is 9.59. The summed E-state index contributed by atoms with van der Waals surface area (Å²) in [6, 6.07) is 0.726. The van der Waals surface area contributed by atoms with E-state index in [2.05, 4.69) is 19.3 Å². The average molecular weight is 255 g/mol. The lowest BCUT2D eigenvalue weighted by atomic mass is 9.88. The Morgan fingerprint density at radius 2 is 1.61 bits per heavy atom. The molecular weight excluding hydrogens is 222 g/mol. The molecule has 1 rings (SSSR count). The van der Waals surface area contributed by atoms with E-state index in [1.807, 2.05) is 0 Å². The molecule has 1 aliphatic rings. The first-order chi connectivity index (χ1) is 8.88. The van der Waals surface area contributed by atoms with Crippen LogP contribution in [0.3, 0.4) is 0 Å². The molecule has 1 fully saturated rings. The van der Waals surface area contributed by atoms with E-state index in [1.54, 1.807) is 0 Å². The Bertz CT molecular complexity index is 178. The molecule has 1 atom stereocenters. The normalized spacial score (nSPS) is 19.0. The van der Waals surface area contributed by atoms with Crippen molar-refractivity contribution in [3.05, 3.63) is 0 Å². The topological polar surface area (TPSA) is 21.3 Å². The molecular formula is C16H33NO. The van der Waals surface area contributed by atoms with Crippen LogP contribution in [-0.4, -0.2) is 26.3 Å². The van der Waals surface area contributed by atoms with Gasteiger partial charge in [0.05, 0.1) is 0 Å². The zero-order chi connectivity index (χ0) is 13.1. The van der Waals surface area contributed by atoms with Gasteiger partial charge in [0.15, 0.2) is 0 Å². The molecule has 0 aromatic heterocycles. The average Bonchev–Trinajstić information content (AvgIpc) is 2.43. The molecule has 18 heavy (non-hydrogen) atoms. The molecule has 1 N–H and O–H groups in total. The molecule has 0 aliphatic carbocycles. The number of nitrogens with one attached hydrogen (secondary N) is 1. The minimum Gasteiger partial charge on any atom is -0.381 e. The highest BCUT2D eigenvalue weighted by Gasteiger charge is 2.21. The molecule has 0 aromatic carbocycles. The van der Waals surface area contributed by atoms with Gasteiger partial charge in [-0.05, 0) is 32.2 Å². The second kappa shape index (κ2) is 10.8. The fourth-order valence-corrected chi connectivity index (χ4v) is 3.06. The van der Waals surface area contributed by atoms with Gasteiger partial charge in [0, 0.05) is 19.3 Å². The van der Waals surface area contributed by atoms with Crippen molar-refractivity contribution in [2.24, 2.45) is 5.92 Å². The van der Waals surface area contributed by atoms with Gasteiger partial charge < -0.3 is 10.1 Å². The largest absolute Gasteiger partial charge is 0.381 e. The van der Waals surface area contributed by atoms with Crippen LogP contribution in [0.2, 0.25) is 0 Å². The van der Waals surface area contributed by atoms with Crippen LogP contribution in [0.5, 0.6) is 0 Å². The van der Waals surface area contributed by atoms with Gasteiger partial charge in [0.2, 0.25) is 0 Å². The second-order valence-corrected chi connectivity index (χ2v) is 5.75. The number of rotatable bonds is 10. The molecule has 0 saturated carbocycles. The van der Waals surface area contributed by atoms with Crippen molar-refractivity contribution in [2.45, 2.75) is 77.2 Å². The van der Waals surface area contributed by atoms with Crippen LogP contribution in [-0.2, 0) is 4.74 Å². The van der Waals surface area contributed by atoms with E-state index in [1.165, 1.54) is 64.2 Å². The van der Waals surface area contributed by atoms with Gasteiger partial charge in [-0.25, -0.2) is 0 Å². The van der Waals surface area contributed by atoms with Gasteiger partial charge >= 0.3 is 0 Å². The highest BCUT2D eigenvalue weighted by atomic mass is 16.5. The Balaban J connectivity index is 2.00. The van der Waals surface area contributed by atoms with Crippen molar-refractivity contribution < 1.29 is 4.74 Å². The van der Waals surface area contributed by atoms with Crippen molar-refractivity contribution in [1.82, 2.24) is 5.32 Å². The third-order valence-electron chi connectivity index (χ3n) is 4.32. The minimum atomic E-state index is 0.726. The highest BCUT2D eigenvalue weighted by Crippen LogP contribution is 2.22. The number of unbranched alkanes of at least 4 members (excludes halogenated alkanes) is 6. The van der Waals surface area contributed by atoms with Crippen molar-refractivity contribution >= 4 is 0 Å². The Morgan fingerprint density at radius 1 is 1.00 bits per heavy atom. The van der Waals surface area contributed by atoms with Gasteiger partial charge in [-0.2, -0.15) is 0 Å². The summed E-state index contributed by atoms with van der Waals surface area (Å²) in [5, 5.41) is 3.53. The van der Waals surface area contributed by atoms with Crippen molar-refractivity contribution in [3.8, 4) is 0 Å². The Hall–Kier alpha value is -0.0800. The van der Waals surface area contributed by atoms with Crippen LogP contribution in [0, 0.1) is 5.92 Å². The van der Waals surface area contributed by atoms with E-state index in [4.69, 9.17) is 4.74 Å². The lowest BCUT2D eigenvalue weighted by Gasteiger charge is -2.30. The number of hydrogen-bond acceptors (Lipinski definition) is 2. The maximum Gasteiger partial charge on any atom is 0.0469 e. The molecule has 0 amide bonds. The summed E-state index contributed by atoms with van der Waals surface area (Å²) in [5.74, 6) is 0.851. The van der Waals surface area contributed by atoms with Crippen LogP contribution in [0.25, 0.3) is 0 Å². The number of hydrogen-bond donors (Lipinski definition) is 1. The molecule has 0 spiro atoms. The smallest absolute Gasteiger partial charge is 0.0469 e. The molecule has 0 radical (unpaired) electrons. The van der Waals surface area contributed by atoms with Crippen molar-refractivity contribution in [2.75, 3.05) is 20.3 Å². The molecule has 108 valence electrons. The Labute approximate surface area is 114 Å². The van der Waals surface area contributed by atoms with E-state index >= 15 is 0 Å². The maximum absolute atomic E-state index is 5.45. The van der Waals surface area contributed by atoms with Gasteiger partial charge in [0.1, 0.15) is 0 Å². The van der Waals surface area contributed by atoms with E-state index in [-0.39, 0.29) is 0 Å². The van der Waals surface area contributed by atoms with E-state index in [9.17, 15) is 0 Å². The quantitative estimate of drug-likeness (QED) is 0.592. The first kappa shape index (κ1) is 16.0. The molecule has 0 aromatic rings. The molecule has 1 saturated heterocycles. The van der Waals surface area contributed by atoms with E-state index in [0.29, 0.717) is 0 Å². The van der Waals surface area contributed by atoms with Gasteiger partial charge in [-0.1, -0.05) is 51.9 Å². The molecule has 1 unspecified atom stereocenters. The number of ether oxygens (including phenoxy) is 1. The SMILES string of the molecule is CCCCCCCCCC(NC)C1CCOCC1. The summed E-state index contributed by atoms with van der Waals surface area (Å²) in [5.41, 5.74) is 0. The van der Waals surface area contributed by atoms with Crippen LogP contribution in [0.15, 0.2) is 0 Å². The zero-order valence-electron chi connectivity index (χ0n) is 12.5. The summed E-state index contributed by atoms with van der Waals surface area (Å²) in [7, 11) is 2.13. The molecule has 2 nitrogen and oxygen atoms in total. The van der Waals surface area contributed by atoms with Gasteiger partial charge in [0.25, 0.3) is 0 Å². The van der Waals surface area contributed by atoms with Crippen LogP contribution in [0.4, 0.5) is 0 Å². The van der Waals surface area contributed by atoms with E-state index in [0.717, 1.165) is 25.2 Å². The van der Waals surface area contributed by atoms with Crippen molar-refractivity contribution in [3.63, 3.8) is 0 Å². The van der Waals surface area contributed by atoms with Crippen LogP contribution < -0.4 is 5.32 Å². The lowest BCUT2D eigenvalue weighted by Crippen LogP contribution is -2.36. The minimum absolute atomic E-state index is 0.726. The summed E-state index contributed by atoms with van der Waals surface area (Å²) in [6.07, 6.45) is 13.8. The molecule has 1 heterocycles. The highest BCUT2D eigenvalue weighted by molar-refractivity contribution is 4.77. The standard InChI is InChI=1S/C16H33NO/c1-3-4-5-6-7-8-9-10-16(17-2)15-11-13-18-14-12-15/h15-17H,3-14H2,1-2H3. The van der Waals surface area contributed by atoms with Crippen LogP contribution in [0.1, 0.15) is 71.1 Å². The first-order valence-corrected chi connectivity index (χ1v) is 8.13. The molecule has 1 aliphatic heterocycles. The van der Waals surface area contributed by atoms with E-state index < -0.39 is 0 Å². The van der Waals surface area contributed by atoms with Crippen LogP contribution >= 0.6 is 0 Å². The fourth-order valence-electron chi connectivity index (χ4n) is 3.06. The fraction of sp³-hybridized carbons (Fsp3) is 1.00. The predicted molar refractivity (Wildman–Crippen MR) is 79.0 cm³/mol. The third kappa shape index (κ3) is 6.75. The zero-order valence-corrected chi connectivity index (χ0v) is 12.5. The summed E-state index contributed by atoms with van der Waals surface area (Å²) >= 11 is 0. The Morgan fingerprint density at radius 3 is 2.22 bits per heavy atom. The molecule has 0 bridgehead atoms. The first-order valence-electron chi connectivity index (χ1n) is 8.13. The summed E-state index contributed by atoms with van der Waals surface area (Å²) < 4.78 is 5.45. The second-order valence-electron chi connectivity index (χ2n) is 5.75. The van der Waals surface area contributed by atoms with Gasteiger partial charge in [-0.3, -0.25) is 0 Å². The van der Waals surface area contributed by atoms with Crippen molar-refractivity contribution in [1.29, 1.82) is 0 Å². The third-order valence-corrected chi connectivity index (χ3v) is 4.32. The predicted octanol–water partition coefficient (Wildman–Crippen LogP) is 4.14. The lowest BCUT2D eigenvalue weighted by molar-refractivity contribution is 0.0533. The maximum atomic E-state index is 5.45.